The second-order valence-electron chi connectivity index (χ2n) is 5.69. The van der Waals surface area contributed by atoms with Gasteiger partial charge in [0.2, 0.25) is 0 Å². The van der Waals surface area contributed by atoms with Crippen molar-refractivity contribution in [1.82, 2.24) is 15.5 Å². The maximum Gasteiger partial charge on any atom is 0.191 e. The van der Waals surface area contributed by atoms with E-state index in [0.717, 1.165) is 19.0 Å². The molecule has 0 aromatic heterocycles. The van der Waals surface area contributed by atoms with Crippen molar-refractivity contribution in [2.24, 2.45) is 4.99 Å². The molecule has 1 aliphatic heterocycles. The summed E-state index contributed by atoms with van der Waals surface area (Å²) in [7, 11) is 0.975. The minimum absolute atomic E-state index is 0. The molecule has 0 spiro atoms. The minimum atomic E-state index is -2.90. The van der Waals surface area contributed by atoms with Crippen molar-refractivity contribution in [2.75, 3.05) is 39.2 Å². The Bertz CT molecular complexity index is 428. The highest BCUT2D eigenvalue weighted by atomic mass is 127. The summed E-state index contributed by atoms with van der Waals surface area (Å²) in [5, 5.41) is 6.55. The molecule has 0 aromatic rings. The van der Waals surface area contributed by atoms with E-state index in [1.807, 2.05) is 6.92 Å². The third-order valence-electron chi connectivity index (χ3n) is 3.71. The normalized spacial score (nSPS) is 21.7. The van der Waals surface area contributed by atoms with Crippen LogP contribution in [-0.4, -0.2) is 70.6 Å². The molecule has 2 N–H and O–H groups in total. The van der Waals surface area contributed by atoms with Gasteiger partial charge in [-0.05, 0) is 39.8 Å². The van der Waals surface area contributed by atoms with E-state index in [2.05, 4.69) is 27.6 Å². The summed E-state index contributed by atoms with van der Waals surface area (Å²) in [5.74, 6) is 0.940. The number of hydrogen-bond acceptors (Lipinski definition) is 4. The van der Waals surface area contributed by atoms with Gasteiger partial charge in [0, 0.05) is 31.9 Å². The van der Waals surface area contributed by atoms with Gasteiger partial charge in [0.25, 0.3) is 0 Å². The van der Waals surface area contributed by atoms with Gasteiger partial charge in [-0.3, -0.25) is 4.99 Å². The summed E-state index contributed by atoms with van der Waals surface area (Å²) in [5.41, 5.74) is 0. The third-order valence-corrected chi connectivity index (χ3v) is 4.68. The number of sulfone groups is 1. The molecule has 0 radical (unpaired) electrons. The molecular weight excluding hydrogens is 403 g/mol. The average molecular weight is 432 g/mol. The third kappa shape index (κ3) is 8.82. The lowest BCUT2D eigenvalue weighted by atomic mass is 10.2. The fraction of sp³-hybridized carbons (Fsp3) is 0.923. The molecule has 1 heterocycles. The molecule has 1 aliphatic rings. The van der Waals surface area contributed by atoms with Crippen LogP contribution < -0.4 is 10.6 Å². The van der Waals surface area contributed by atoms with Crippen LogP contribution in [-0.2, 0) is 9.84 Å². The lowest BCUT2D eigenvalue weighted by Crippen LogP contribution is -2.46. The Morgan fingerprint density at radius 3 is 2.62 bits per heavy atom. The minimum Gasteiger partial charge on any atom is -0.355 e. The lowest BCUT2D eigenvalue weighted by Gasteiger charge is -2.23. The summed E-state index contributed by atoms with van der Waals surface area (Å²) in [6.07, 6.45) is 4.31. The van der Waals surface area contributed by atoms with Crippen LogP contribution in [0, 0.1) is 0 Å². The summed E-state index contributed by atoms with van der Waals surface area (Å²) < 4.78 is 22.3. The maximum absolute atomic E-state index is 11.1. The highest BCUT2D eigenvalue weighted by Crippen LogP contribution is 2.13. The fourth-order valence-electron chi connectivity index (χ4n) is 2.34. The van der Waals surface area contributed by atoms with Gasteiger partial charge in [0.05, 0.1) is 5.75 Å². The van der Waals surface area contributed by atoms with Crippen molar-refractivity contribution >= 4 is 39.8 Å². The number of guanidine groups is 1. The van der Waals surface area contributed by atoms with Crippen LogP contribution in [0.15, 0.2) is 4.99 Å². The Hall–Kier alpha value is -0.0900. The van der Waals surface area contributed by atoms with Crippen LogP contribution in [0.1, 0.15) is 26.2 Å². The van der Waals surface area contributed by atoms with Crippen molar-refractivity contribution < 1.29 is 8.42 Å². The second-order valence-corrected chi connectivity index (χ2v) is 7.95. The molecule has 1 fully saturated rings. The monoisotopic (exact) mass is 432 g/mol. The van der Waals surface area contributed by atoms with Crippen LogP contribution in [0.5, 0.6) is 0 Å². The van der Waals surface area contributed by atoms with E-state index in [0.29, 0.717) is 12.5 Å². The molecule has 6 nitrogen and oxygen atoms in total. The Labute approximate surface area is 146 Å². The van der Waals surface area contributed by atoms with E-state index in [1.54, 1.807) is 7.05 Å². The molecule has 0 bridgehead atoms. The molecule has 8 heteroatoms. The van der Waals surface area contributed by atoms with E-state index in [1.165, 1.54) is 19.1 Å². The van der Waals surface area contributed by atoms with Crippen molar-refractivity contribution in [3.63, 3.8) is 0 Å². The highest BCUT2D eigenvalue weighted by molar-refractivity contribution is 14.0. The van der Waals surface area contributed by atoms with E-state index >= 15 is 0 Å². The lowest BCUT2D eigenvalue weighted by molar-refractivity contribution is 0.309. The SMILES string of the molecule is CN=C(NCC1CCCN1C)NC(C)CCS(C)(=O)=O.I. The van der Waals surface area contributed by atoms with Gasteiger partial charge in [-0.25, -0.2) is 8.42 Å². The predicted molar refractivity (Wildman–Crippen MR) is 99.4 cm³/mol. The molecule has 2 atom stereocenters. The molecule has 21 heavy (non-hydrogen) atoms. The van der Waals surface area contributed by atoms with Crippen LogP contribution in [0.4, 0.5) is 0 Å². The quantitative estimate of drug-likeness (QED) is 0.367. The number of halogens is 1. The van der Waals surface area contributed by atoms with Gasteiger partial charge >= 0.3 is 0 Å². The summed E-state index contributed by atoms with van der Waals surface area (Å²) in [6, 6.07) is 0.636. The van der Waals surface area contributed by atoms with E-state index in [-0.39, 0.29) is 35.8 Å². The largest absolute Gasteiger partial charge is 0.355 e. The molecule has 2 unspecified atom stereocenters. The summed E-state index contributed by atoms with van der Waals surface area (Å²) >= 11 is 0. The first kappa shape index (κ1) is 20.9. The molecule has 0 saturated carbocycles. The van der Waals surface area contributed by atoms with Crippen LogP contribution >= 0.6 is 24.0 Å². The highest BCUT2D eigenvalue weighted by Gasteiger charge is 2.20. The molecule has 1 saturated heterocycles. The van der Waals surface area contributed by atoms with Crippen molar-refractivity contribution in [1.29, 1.82) is 0 Å². The number of aliphatic imine (C=N–C) groups is 1. The van der Waals surface area contributed by atoms with Gasteiger partial charge in [0.1, 0.15) is 9.84 Å². The molecule has 0 aromatic carbocycles. The van der Waals surface area contributed by atoms with E-state index in [4.69, 9.17) is 0 Å². The van der Waals surface area contributed by atoms with Crippen molar-refractivity contribution in [3.8, 4) is 0 Å². The number of likely N-dealkylation sites (N-methyl/N-ethyl adjacent to an activating group) is 1. The Morgan fingerprint density at radius 1 is 1.48 bits per heavy atom. The molecular formula is C13H29IN4O2S. The molecule has 126 valence electrons. The topological polar surface area (TPSA) is 73.8 Å². The van der Waals surface area contributed by atoms with Crippen LogP contribution in [0.2, 0.25) is 0 Å². The first-order valence-electron chi connectivity index (χ1n) is 7.17. The zero-order valence-electron chi connectivity index (χ0n) is 13.4. The zero-order valence-corrected chi connectivity index (χ0v) is 16.6. The second kappa shape index (κ2) is 9.83. The van der Waals surface area contributed by atoms with Gasteiger partial charge in [-0.15, -0.1) is 24.0 Å². The number of likely N-dealkylation sites (tertiary alicyclic amines) is 1. The Morgan fingerprint density at radius 2 is 2.14 bits per heavy atom. The van der Waals surface area contributed by atoms with Gasteiger partial charge in [0.15, 0.2) is 5.96 Å². The molecule has 1 rings (SSSR count). The van der Waals surface area contributed by atoms with Gasteiger partial charge in [-0.1, -0.05) is 0 Å². The van der Waals surface area contributed by atoms with Crippen molar-refractivity contribution in [2.45, 2.75) is 38.3 Å². The predicted octanol–water partition coefficient (Wildman–Crippen LogP) is 0.687. The van der Waals surface area contributed by atoms with Gasteiger partial charge in [-0.2, -0.15) is 0 Å². The Balaban J connectivity index is 0.00000400. The van der Waals surface area contributed by atoms with Gasteiger partial charge < -0.3 is 15.5 Å². The smallest absolute Gasteiger partial charge is 0.191 e. The van der Waals surface area contributed by atoms with Crippen LogP contribution in [0.25, 0.3) is 0 Å². The first-order chi connectivity index (χ1) is 9.31. The number of nitrogens with zero attached hydrogens (tertiary/aromatic N) is 2. The molecule has 0 aliphatic carbocycles. The number of rotatable bonds is 6. The first-order valence-corrected chi connectivity index (χ1v) is 9.23. The zero-order chi connectivity index (χ0) is 15.2. The fourth-order valence-corrected chi connectivity index (χ4v) is 3.12. The molecule has 0 amide bonds. The number of hydrogen-bond donors (Lipinski definition) is 2. The standard InChI is InChI=1S/C13H28N4O2S.HI/c1-11(7-9-20(4,18)19)16-13(14-2)15-10-12-6-5-8-17(12)3;/h11-12H,5-10H2,1-4H3,(H2,14,15,16);1H. The maximum atomic E-state index is 11.1. The number of nitrogens with one attached hydrogen (secondary N) is 2. The van der Waals surface area contributed by atoms with E-state index in [9.17, 15) is 8.42 Å². The van der Waals surface area contributed by atoms with Crippen molar-refractivity contribution in [3.05, 3.63) is 0 Å². The van der Waals surface area contributed by atoms with E-state index < -0.39 is 9.84 Å². The summed E-state index contributed by atoms with van der Waals surface area (Å²) in [6.45, 7) is 4.00. The average Bonchev–Trinajstić information content (AvgIpc) is 2.77. The Kier molecular flexibility index (Phi) is 9.79. The van der Waals surface area contributed by atoms with Crippen LogP contribution in [0.3, 0.4) is 0 Å². The summed E-state index contributed by atoms with van der Waals surface area (Å²) in [4.78, 5) is 6.54.